The number of hydrogen-bond acceptors (Lipinski definition) is 6. The monoisotopic (exact) mass is 420 g/mol. The molecule has 0 saturated carbocycles. The lowest BCUT2D eigenvalue weighted by molar-refractivity contribution is 0.104. The van der Waals surface area contributed by atoms with Gasteiger partial charge in [-0.15, -0.1) is 0 Å². The first-order valence-electron chi connectivity index (χ1n) is 10.2. The predicted molar refractivity (Wildman–Crippen MR) is 117 cm³/mol. The average Bonchev–Trinajstić information content (AvgIpc) is 2.72. The van der Waals surface area contributed by atoms with E-state index in [1.54, 1.807) is 42.7 Å². The van der Waals surface area contributed by atoms with Gasteiger partial charge in [0, 0.05) is 51.1 Å². The Kier molecular flexibility index (Phi) is 9.85. The van der Waals surface area contributed by atoms with E-state index in [1.807, 2.05) is 0 Å². The van der Waals surface area contributed by atoms with E-state index in [4.69, 9.17) is 28.4 Å². The fraction of sp³-hybridized carbons (Fsp3) is 0.583. The van der Waals surface area contributed by atoms with Gasteiger partial charge in [-0.3, -0.25) is 0 Å². The van der Waals surface area contributed by atoms with Gasteiger partial charge in [0.2, 0.25) is 0 Å². The fourth-order valence-electron chi connectivity index (χ4n) is 4.26. The highest BCUT2D eigenvalue weighted by molar-refractivity contribution is 5.46. The van der Waals surface area contributed by atoms with Gasteiger partial charge in [-0.05, 0) is 30.0 Å². The molecule has 0 fully saturated rings. The molecule has 0 heterocycles. The molecule has 1 aliphatic carbocycles. The second kappa shape index (κ2) is 12.1. The van der Waals surface area contributed by atoms with Crippen LogP contribution in [-0.4, -0.2) is 55.9 Å². The van der Waals surface area contributed by atoms with Crippen molar-refractivity contribution in [2.45, 2.75) is 26.6 Å². The molecule has 0 saturated heterocycles. The van der Waals surface area contributed by atoms with E-state index in [2.05, 4.69) is 25.1 Å². The largest absolute Gasteiger partial charge is 0.500 e. The van der Waals surface area contributed by atoms with Crippen molar-refractivity contribution in [1.82, 2.24) is 0 Å². The molecule has 2 atom stereocenters. The van der Waals surface area contributed by atoms with Crippen molar-refractivity contribution in [2.75, 3.05) is 55.9 Å². The van der Waals surface area contributed by atoms with E-state index in [0.29, 0.717) is 26.4 Å². The predicted octanol–water partition coefficient (Wildman–Crippen LogP) is 3.92. The summed E-state index contributed by atoms with van der Waals surface area (Å²) < 4.78 is 33.1. The Hall–Kier alpha value is -1.86. The molecule has 2 rings (SSSR count). The molecule has 30 heavy (non-hydrogen) atoms. The lowest BCUT2D eigenvalue weighted by atomic mass is 9.77. The molecular weight excluding hydrogens is 384 g/mol. The van der Waals surface area contributed by atoms with Gasteiger partial charge in [-0.1, -0.05) is 18.6 Å². The van der Waals surface area contributed by atoms with Crippen molar-refractivity contribution < 1.29 is 28.4 Å². The molecule has 0 aliphatic heterocycles. The molecule has 0 bridgehead atoms. The second-order valence-electron chi connectivity index (χ2n) is 7.59. The Morgan fingerprint density at radius 3 is 1.83 bits per heavy atom. The zero-order valence-corrected chi connectivity index (χ0v) is 19.4. The van der Waals surface area contributed by atoms with E-state index in [1.165, 1.54) is 11.1 Å². The van der Waals surface area contributed by atoms with E-state index >= 15 is 0 Å². The van der Waals surface area contributed by atoms with Gasteiger partial charge >= 0.3 is 0 Å². The van der Waals surface area contributed by atoms with Crippen molar-refractivity contribution in [2.24, 2.45) is 11.8 Å². The quantitative estimate of drug-likeness (QED) is 0.511. The summed E-state index contributed by atoms with van der Waals surface area (Å²) in [6.07, 6.45) is 3.03. The Balaban J connectivity index is 2.47. The first-order valence-corrected chi connectivity index (χ1v) is 10.2. The maximum absolute atomic E-state index is 5.75. The van der Waals surface area contributed by atoms with Crippen LogP contribution in [-0.2, 0) is 43.3 Å². The first-order chi connectivity index (χ1) is 14.5. The topological polar surface area (TPSA) is 55.4 Å². The smallest absolute Gasteiger partial charge is 0.129 e. The molecule has 2 unspecified atom stereocenters. The summed E-state index contributed by atoms with van der Waals surface area (Å²) in [7, 11) is 10.2. The molecule has 168 valence electrons. The summed E-state index contributed by atoms with van der Waals surface area (Å²) in [6, 6.07) is 4.32. The van der Waals surface area contributed by atoms with Crippen LogP contribution >= 0.6 is 0 Å². The molecule has 0 N–H and O–H groups in total. The van der Waals surface area contributed by atoms with Crippen LogP contribution in [0.1, 0.15) is 23.6 Å². The minimum absolute atomic E-state index is 0.153. The van der Waals surface area contributed by atoms with E-state index < -0.39 is 0 Å². The van der Waals surface area contributed by atoms with Gasteiger partial charge in [-0.25, -0.2) is 0 Å². The minimum atomic E-state index is 0.153. The number of methoxy groups -OCH3 is 6. The Labute approximate surface area is 180 Å². The zero-order chi connectivity index (χ0) is 22.1. The number of ether oxygens (including phenoxy) is 6. The highest BCUT2D eigenvalue weighted by atomic mass is 16.5. The molecule has 1 aliphatic rings. The molecular formula is C24H36O6. The van der Waals surface area contributed by atoms with E-state index in [9.17, 15) is 0 Å². The Morgan fingerprint density at radius 2 is 1.37 bits per heavy atom. The van der Waals surface area contributed by atoms with Gasteiger partial charge in [0.1, 0.15) is 11.5 Å². The zero-order valence-electron chi connectivity index (χ0n) is 19.4. The number of benzene rings is 1. The average molecular weight is 421 g/mol. The Morgan fingerprint density at radius 1 is 0.767 bits per heavy atom. The SMILES string of the molecule is COCC1=C(OC)C(COC)C(C)C(Cc2cc(COC)c(OC)c(COC)c2)=C1. The van der Waals surface area contributed by atoms with Gasteiger partial charge in [0.05, 0.1) is 40.6 Å². The van der Waals surface area contributed by atoms with Gasteiger partial charge < -0.3 is 28.4 Å². The number of rotatable bonds is 12. The van der Waals surface area contributed by atoms with Crippen LogP contribution in [0, 0.1) is 11.8 Å². The fourth-order valence-corrected chi connectivity index (χ4v) is 4.26. The summed E-state index contributed by atoms with van der Waals surface area (Å²) in [5.74, 6) is 2.21. The van der Waals surface area contributed by atoms with Crippen LogP contribution in [0.2, 0.25) is 0 Å². The third-order valence-electron chi connectivity index (χ3n) is 5.58. The third-order valence-corrected chi connectivity index (χ3v) is 5.58. The summed E-state index contributed by atoms with van der Waals surface area (Å²) >= 11 is 0. The number of hydrogen-bond donors (Lipinski definition) is 0. The maximum Gasteiger partial charge on any atom is 0.129 e. The molecule has 1 aromatic carbocycles. The molecule has 1 aromatic rings. The Bertz CT molecular complexity index is 725. The van der Waals surface area contributed by atoms with Crippen molar-refractivity contribution in [3.8, 4) is 5.75 Å². The summed E-state index contributed by atoms with van der Waals surface area (Å²) in [6.45, 7) is 4.30. The normalized spacial score (nSPS) is 19.1. The molecule has 0 amide bonds. The standard InChI is InChI=1S/C24H36O6/c1-16-18(11-21(14-27-4)24(30-7)22(16)15-28-5)8-17-9-19(12-25-2)23(29-6)20(10-17)13-26-3/h9-11,16,22H,8,12-15H2,1-7H3. The van der Waals surface area contributed by atoms with E-state index in [-0.39, 0.29) is 11.8 Å². The summed E-state index contributed by atoms with van der Waals surface area (Å²) in [5, 5.41) is 0. The summed E-state index contributed by atoms with van der Waals surface area (Å²) in [4.78, 5) is 0. The molecule has 0 radical (unpaired) electrons. The molecule has 6 heteroatoms. The van der Waals surface area contributed by atoms with Crippen LogP contribution in [0.15, 0.2) is 35.1 Å². The third kappa shape index (κ3) is 5.64. The lowest BCUT2D eigenvalue weighted by Crippen LogP contribution is -2.28. The molecule has 0 aromatic heterocycles. The van der Waals surface area contributed by atoms with Crippen LogP contribution in [0.3, 0.4) is 0 Å². The lowest BCUT2D eigenvalue weighted by Gasteiger charge is -2.33. The van der Waals surface area contributed by atoms with Gasteiger partial charge in [-0.2, -0.15) is 0 Å². The second-order valence-corrected chi connectivity index (χ2v) is 7.59. The van der Waals surface area contributed by atoms with Crippen LogP contribution in [0.4, 0.5) is 0 Å². The van der Waals surface area contributed by atoms with Gasteiger partial charge in [0.25, 0.3) is 0 Å². The first kappa shape index (κ1) is 24.4. The van der Waals surface area contributed by atoms with Crippen LogP contribution in [0.5, 0.6) is 5.75 Å². The van der Waals surface area contributed by atoms with Gasteiger partial charge in [0.15, 0.2) is 0 Å². The number of allylic oxidation sites excluding steroid dienone is 1. The molecule has 0 spiro atoms. The highest BCUT2D eigenvalue weighted by Gasteiger charge is 2.31. The highest BCUT2D eigenvalue weighted by Crippen LogP contribution is 2.38. The molecule has 6 nitrogen and oxygen atoms in total. The van der Waals surface area contributed by atoms with Crippen LogP contribution < -0.4 is 4.74 Å². The van der Waals surface area contributed by atoms with Crippen molar-refractivity contribution in [3.63, 3.8) is 0 Å². The van der Waals surface area contributed by atoms with Crippen molar-refractivity contribution in [1.29, 1.82) is 0 Å². The maximum atomic E-state index is 5.75. The van der Waals surface area contributed by atoms with Crippen LogP contribution in [0.25, 0.3) is 0 Å². The van der Waals surface area contributed by atoms with E-state index in [0.717, 1.165) is 34.6 Å². The minimum Gasteiger partial charge on any atom is -0.500 e. The van der Waals surface area contributed by atoms with Crippen molar-refractivity contribution >= 4 is 0 Å². The summed E-state index contributed by atoms with van der Waals surface area (Å²) in [5.41, 5.74) is 5.63. The van der Waals surface area contributed by atoms with Crippen molar-refractivity contribution in [3.05, 3.63) is 51.8 Å².